The minimum atomic E-state index is -3.79. The molecule has 0 bridgehead atoms. The van der Waals surface area contributed by atoms with Crippen LogP contribution in [-0.4, -0.2) is 26.0 Å². The lowest BCUT2D eigenvalue weighted by Crippen LogP contribution is -2.42. The van der Waals surface area contributed by atoms with Gasteiger partial charge in [-0.1, -0.05) is 11.6 Å². The second kappa shape index (κ2) is 6.11. The van der Waals surface area contributed by atoms with Crippen molar-refractivity contribution in [2.24, 2.45) is 0 Å². The number of rotatable bonds is 4. The van der Waals surface area contributed by atoms with Crippen LogP contribution in [0.15, 0.2) is 29.2 Å². The van der Waals surface area contributed by atoms with E-state index in [4.69, 9.17) is 16.3 Å². The van der Waals surface area contributed by atoms with Crippen LogP contribution < -0.4 is 4.72 Å². The molecule has 0 aromatic heterocycles. The first kappa shape index (κ1) is 16.9. The Morgan fingerprint density at radius 2 is 1.75 bits per heavy atom. The molecule has 0 spiro atoms. The zero-order valence-electron chi connectivity index (χ0n) is 11.8. The predicted octanol–water partition coefficient (Wildman–Crippen LogP) is 2.35. The highest BCUT2D eigenvalue weighted by Gasteiger charge is 2.26. The summed E-state index contributed by atoms with van der Waals surface area (Å²) in [5.41, 5.74) is -0.670. The van der Waals surface area contributed by atoms with Gasteiger partial charge >= 0.3 is 5.97 Å². The highest BCUT2D eigenvalue weighted by Crippen LogP contribution is 2.15. The van der Waals surface area contributed by atoms with E-state index in [0.29, 0.717) is 5.02 Å². The van der Waals surface area contributed by atoms with Crippen LogP contribution in [0.3, 0.4) is 0 Å². The fourth-order valence-electron chi connectivity index (χ4n) is 1.35. The van der Waals surface area contributed by atoms with Gasteiger partial charge < -0.3 is 4.74 Å². The number of hydrogen-bond acceptors (Lipinski definition) is 4. The first-order valence-corrected chi connectivity index (χ1v) is 7.88. The third-order valence-corrected chi connectivity index (χ3v) is 4.02. The lowest BCUT2D eigenvalue weighted by atomic mass is 10.2. The van der Waals surface area contributed by atoms with Crippen molar-refractivity contribution in [1.82, 2.24) is 4.72 Å². The van der Waals surface area contributed by atoms with Crippen molar-refractivity contribution in [3.63, 3.8) is 0 Å². The molecule has 20 heavy (non-hydrogen) atoms. The third kappa shape index (κ3) is 5.11. The Labute approximate surface area is 124 Å². The highest BCUT2D eigenvalue weighted by molar-refractivity contribution is 7.89. The topological polar surface area (TPSA) is 72.5 Å². The number of esters is 1. The van der Waals surface area contributed by atoms with E-state index < -0.39 is 27.6 Å². The molecule has 0 amide bonds. The predicted molar refractivity (Wildman–Crippen MR) is 77.1 cm³/mol. The van der Waals surface area contributed by atoms with Crippen molar-refractivity contribution in [1.29, 1.82) is 0 Å². The Hall–Kier alpha value is -1.11. The van der Waals surface area contributed by atoms with Gasteiger partial charge in [0.25, 0.3) is 0 Å². The normalized spacial score (nSPS) is 13.8. The molecule has 0 heterocycles. The first-order chi connectivity index (χ1) is 9.01. The second-order valence-electron chi connectivity index (χ2n) is 5.33. The van der Waals surface area contributed by atoms with Gasteiger partial charge in [0, 0.05) is 5.02 Å². The zero-order valence-corrected chi connectivity index (χ0v) is 13.4. The summed E-state index contributed by atoms with van der Waals surface area (Å²) in [6, 6.07) is 4.69. The van der Waals surface area contributed by atoms with Gasteiger partial charge in [-0.2, -0.15) is 4.72 Å². The molecule has 7 heteroatoms. The molecule has 1 aromatic carbocycles. The van der Waals surface area contributed by atoms with Gasteiger partial charge in [0.1, 0.15) is 11.6 Å². The number of nitrogens with one attached hydrogen (secondary N) is 1. The van der Waals surface area contributed by atoms with E-state index in [1.807, 2.05) is 0 Å². The van der Waals surface area contributed by atoms with Gasteiger partial charge in [0.15, 0.2) is 0 Å². The van der Waals surface area contributed by atoms with Crippen molar-refractivity contribution in [2.45, 2.75) is 44.2 Å². The minimum Gasteiger partial charge on any atom is -0.459 e. The highest BCUT2D eigenvalue weighted by atomic mass is 35.5. The Balaban J connectivity index is 2.81. The summed E-state index contributed by atoms with van der Waals surface area (Å²) in [6.45, 7) is 6.57. The number of benzene rings is 1. The van der Waals surface area contributed by atoms with Crippen LogP contribution in [0, 0.1) is 0 Å². The molecule has 0 fully saturated rings. The minimum absolute atomic E-state index is 0.0392. The van der Waals surface area contributed by atoms with Gasteiger partial charge in [-0.05, 0) is 52.0 Å². The molecule has 0 aliphatic heterocycles. The summed E-state index contributed by atoms with van der Waals surface area (Å²) >= 11 is 5.70. The average Bonchev–Trinajstić information content (AvgIpc) is 2.26. The van der Waals surface area contributed by atoms with Crippen LogP contribution >= 0.6 is 11.6 Å². The molecular formula is C13H18ClNO4S. The zero-order chi connectivity index (χ0) is 15.6. The molecular weight excluding hydrogens is 302 g/mol. The molecule has 0 aliphatic rings. The number of halogens is 1. The van der Waals surface area contributed by atoms with E-state index in [1.54, 1.807) is 20.8 Å². The van der Waals surface area contributed by atoms with E-state index in [2.05, 4.69) is 4.72 Å². The maximum atomic E-state index is 12.1. The molecule has 1 rings (SSSR count). The third-order valence-electron chi connectivity index (χ3n) is 2.22. The Kier molecular flexibility index (Phi) is 5.18. The SMILES string of the molecule is C[C@@H](NS(=O)(=O)c1ccc(Cl)cc1)C(=O)OC(C)(C)C. The fourth-order valence-corrected chi connectivity index (χ4v) is 2.67. The quantitative estimate of drug-likeness (QED) is 0.865. The molecule has 112 valence electrons. The summed E-state index contributed by atoms with van der Waals surface area (Å²) in [4.78, 5) is 11.8. The molecule has 1 atom stereocenters. The van der Waals surface area contributed by atoms with E-state index in [0.717, 1.165) is 0 Å². The monoisotopic (exact) mass is 319 g/mol. The lowest BCUT2D eigenvalue weighted by molar-refractivity contribution is -0.156. The van der Waals surface area contributed by atoms with Gasteiger partial charge in [0.05, 0.1) is 4.90 Å². The van der Waals surface area contributed by atoms with Crippen molar-refractivity contribution in [2.75, 3.05) is 0 Å². The van der Waals surface area contributed by atoms with Crippen LogP contribution in [0.2, 0.25) is 5.02 Å². The van der Waals surface area contributed by atoms with Crippen LogP contribution in [0.25, 0.3) is 0 Å². The molecule has 0 radical (unpaired) electrons. The second-order valence-corrected chi connectivity index (χ2v) is 7.48. The summed E-state index contributed by atoms with van der Waals surface area (Å²) in [7, 11) is -3.79. The molecule has 1 aromatic rings. The lowest BCUT2D eigenvalue weighted by Gasteiger charge is -2.22. The Morgan fingerprint density at radius 1 is 1.25 bits per heavy atom. The van der Waals surface area contributed by atoms with Gasteiger partial charge in [-0.3, -0.25) is 4.79 Å². The summed E-state index contributed by atoms with van der Waals surface area (Å²) < 4.78 is 31.5. The smallest absolute Gasteiger partial charge is 0.324 e. The fraction of sp³-hybridized carbons (Fsp3) is 0.462. The van der Waals surface area contributed by atoms with Gasteiger partial charge in [-0.25, -0.2) is 8.42 Å². The summed E-state index contributed by atoms with van der Waals surface area (Å²) in [6.07, 6.45) is 0. The molecule has 0 saturated carbocycles. The Morgan fingerprint density at radius 3 is 2.20 bits per heavy atom. The van der Waals surface area contributed by atoms with Crippen molar-refractivity contribution >= 4 is 27.6 Å². The van der Waals surface area contributed by atoms with Crippen LogP contribution in [0.1, 0.15) is 27.7 Å². The van der Waals surface area contributed by atoms with Crippen LogP contribution in [-0.2, 0) is 19.6 Å². The Bertz CT molecular complexity index is 575. The summed E-state index contributed by atoms with van der Waals surface area (Å²) in [5.74, 6) is -0.630. The average molecular weight is 320 g/mol. The summed E-state index contributed by atoms with van der Waals surface area (Å²) in [5, 5.41) is 0.434. The first-order valence-electron chi connectivity index (χ1n) is 6.02. The number of hydrogen-bond donors (Lipinski definition) is 1. The van der Waals surface area contributed by atoms with E-state index in [-0.39, 0.29) is 4.90 Å². The van der Waals surface area contributed by atoms with Crippen molar-refractivity contribution in [3.8, 4) is 0 Å². The van der Waals surface area contributed by atoms with E-state index in [1.165, 1.54) is 31.2 Å². The molecule has 0 saturated heterocycles. The number of carbonyl (C=O) groups is 1. The maximum Gasteiger partial charge on any atom is 0.324 e. The van der Waals surface area contributed by atoms with E-state index in [9.17, 15) is 13.2 Å². The van der Waals surface area contributed by atoms with Crippen LogP contribution in [0.5, 0.6) is 0 Å². The number of carbonyl (C=O) groups excluding carboxylic acids is 1. The maximum absolute atomic E-state index is 12.1. The molecule has 1 N–H and O–H groups in total. The van der Waals surface area contributed by atoms with Crippen molar-refractivity contribution in [3.05, 3.63) is 29.3 Å². The van der Waals surface area contributed by atoms with Gasteiger partial charge in [0.2, 0.25) is 10.0 Å². The standard InChI is InChI=1S/C13H18ClNO4S/c1-9(12(16)19-13(2,3)4)15-20(17,18)11-7-5-10(14)6-8-11/h5-9,15H,1-4H3/t9-/m1/s1. The van der Waals surface area contributed by atoms with Gasteiger partial charge in [-0.15, -0.1) is 0 Å². The number of sulfonamides is 1. The number of ether oxygens (including phenoxy) is 1. The van der Waals surface area contributed by atoms with Crippen molar-refractivity contribution < 1.29 is 17.9 Å². The van der Waals surface area contributed by atoms with Crippen LogP contribution in [0.4, 0.5) is 0 Å². The largest absolute Gasteiger partial charge is 0.459 e. The van der Waals surface area contributed by atoms with E-state index >= 15 is 0 Å². The molecule has 0 unspecified atom stereocenters. The molecule has 5 nitrogen and oxygen atoms in total. The molecule has 0 aliphatic carbocycles.